The first-order chi connectivity index (χ1) is 16.2. The molecule has 0 atom stereocenters. The minimum absolute atomic E-state index is 0.119. The molecule has 34 heavy (non-hydrogen) atoms. The molecular formula is C26H19BrF3NO3. The molecule has 0 bridgehead atoms. The molecule has 8 heteroatoms. The highest BCUT2D eigenvalue weighted by Crippen LogP contribution is 2.33. The molecular weight excluding hydrogens is 511 g/mol. The smallest absolute Gasteiger partial charge is 0.416 e. The number of alkyl halides is 3. The van der Waals surface area contributed by atoms with Gasteiger partial charge in [0.05, 0.1) is 11.1 Å². The lowest BCUT2D eigenvalue weighted by atomic mass is 10.1. The minimum Gasteiger partial charge on any atom is -0.489 e. The number of ether oxygens (including phenoxy) is 1. The van der Waals surface area contributed by atoms with Gasteiger partial charge in [0.1, 0.15) is 12.4 Å². The monoisotopic (exact) mass is 529 g/mol. The van der Waals surface area contributed by atoms with Crippen molar-refractivity contribution in [2.75, 3.05) is 0 Å². The number of benzene rings is 3. The summed E-state index contributed by atoms with van der Waals surface area (Å²) in [5, 5.41) is 9.32. The molecule has 1 N–H and O–H groups in total. The van der Waals surface area contributed by atoms with Crippen molar-refractivity contribution >= 4 is 21.9 Å². The van der Waals surface area contributed by atoms with Crippen molar-refractivity contribution in [3.8, 4) is 11.4 Å². The van der Waals surface area contributed by atoms with Crippen LogP contribution in [0.4, 0.5) is 13.2 Å². The summed E-state index contributed by atoms with van der Waals surface area (Å²) in [6.07, 6.45) is -2.70. The molecule has 4 rings (SSSR count). The van der Waals surface area contributed by atoms with E-state index >= 15 is 0 Å². The van der Waals surface area contributed by atoms with E-state index in [0.29, 0.717) is 30.5 Å². The molecule has 0 radical (unpaired) electrons. The van der Waals surface area contributed by atoms with Crippen molar-refractivity contribution in [2.24, 2.45) is 0 Å². The van der Waals surface area contributed by atoms with Gasteiger partial charge in [0, 0.05) is 34.0 Å². The molecule has 3 aromatic carbocycles. The van der Waals surface area contributed by atoms with Crippen molar-refractivity contribution in [3.05, 3.63) is 117 Å². The Kier molecular flexibility index (Phi) is 6.79. The summed E-state index contributed by atoms with van der Waals surface area (Å²) >= 11 is 3.46. The van der Waals surface area contributed by atoms with E-state index in [1.54, 1.807) is 22.9 Å². The third kappa shape index (κ3) is 5.51. The van der Waals surface area contributed by atoms with Gasteiger partial charge in [-0.2, -0.15) is 13.2 Å². The molecule has 0 saturated carbocycles. The fourth-order valence-electron chi connectivity index (χ4n) is 3.61. The molecule has 0 saturated heterocycles. The zero-order valence-corrected chi connectivity index (χ0v) is 19.3. The first-order valence-electron chi connectivity index (χ1n) is 10.3. The molecule has 1 heterocycles. The van der Waals surface area contributed by atoms with Gasteiger partial charge in [-0.05, 0) is 54.1 Å². The zero-order chi connectivity index (χ0) is 24.3. The SMILES string of the molecule is O=C(O)c1cc(-n2cccc2Cc2cc(Br)ccc2OCc2ccccc2)cc(C(F)(F)F)c1. The Morgan fingerprint density at radius 3 is 2.44 bits per heavy atom. The predicted octanol–water partition coefficient (Wildman–Crippen LogP) is 7.13. The Bertz CT molecular complexity index is 1320. The van der Waals surface area contributed by atoms with Crippen LogP contribution in [0, 0.1) is 0 Å². The summed E-state index contributed by atoms with van der Waals surface area (Å²) in [7, 11) is 0. The van der Waals surface area contributed by atoms with Gasteiger partial charge in [-0.1, -0.05) is 46.3 Å². The summed E-state index contributed by atoms with van der Waals surface area (Å²) in [6, 6.07) is 21.6. The third-order valence-corrected chi connectivity index (χ3v) is 5.73. The van der Waals surface area contributed by atoms with Crippen molar-refractivity contribution in [1.82, 2.24) is 4.57 Å². The minimum atomic E-state index is -4.67. The summed E-state index contributed by atoms with van der Waals surface area (Å²) < 4.78 is 48.6. The Balaban J connectivity index is 1.68. The summed E-state index contributed by atoms with van der Waals surface area (Å²) in [6.45, 7) is 0.367. The number of carbonyl (C=O) groups is 1. The largest absolute Gasteiger partial charge is 0.489 e. The van der Waals surface area contributed by atoms with E-state index in [1.807, 2.05) is 48.5 Å². The van der Waals surface area contributed by atoms with Gasteiger partial charge in [-0.15, -0.1) is 0 Å². The first kappa shape index (κ1) is 23.6. The van der Waals surface area contributed by atoms with Crippen LogP contribution in [0.1, 0.15) is 32.7 Å². The summed E-state index contributed by atoms with van der Waals surface area (Å²) in [5.74, 6) is -0.778. The average molecular weight is 530 g/mol. The summed E-state index contributed by atoms with van der Waals surface area (Å²) in [4.78, 5) is 11.5. The number of aromatic nitrogens is 1. The van der Waals surface area contributed by atoms with Crippen LogP contribution in [0.2, 0.25) is 0 Å². The van der Waals surface area contributed by atoms with E-state index in [9.17, 15) is 23.1 Å². The van der Waals surface area contributed by atoms with Gasteiger partial charge in [-0.3, -0.25) is 0 Å². The van der Waals surface area contributed by atoms with Crippen molar-refractivity contribution in [1.29, 1.82) is 0 Å². The van der Waals surface area contributed by atoms with E-state index in [4.69, 9.17) is 4.74 Å². The molecule has 0 spiro atoms. The van der Waals surface area contributed by atoms with Crippen molar-refractivity contribution < 1.29 is 27.8 Å². The predicted molar refractivity (Wildman–Crippen MR) is 125 cm³/mol. The van der Waals surface area contributed by atoms with E-state index in [0.717, 1.165) is 21.7 Å². The van der Waals surface area contributed by atoms with Crippen LogP contribution in [0.15, 0.2) is 89.5 Å². The van der Waals surface area contributed by atoms with Crippen molar-refractivity contribution in [3.63, 3.8) is 0 Å². The number of halogens is 4. The van der Waals surface area contributed by atoms with Crippen LogP contribution >= 0.6 is 15.9 Å². The Morgan fingerprint density at radius 2 is 1.74 bits per heavy atom. The molecule has 174 valence electrons. The summed E-state index contributed by atoms with van der Waals surface area (Å²) in [5.41, 5.74) is 1.18. The normalized spacial score (nSPS) is 11.4. The van der Waals surface area contributed by atoms with Gasteiger partial charge in [0.15, 0.2) is 0 Å². The quantitative estimate of drug-likeness (QED) is 0.277. The Labute approximate surface area is 202 Å². The lowest BCUT2D eigenvalue weighted by Crippen LogP contribution is -2.10. The van der Waals surface area contributed by atoms with Gasteiger partial charge in [0.25, 0.3) is 0 Å². The fraction of sp³-hybridized carbons (Fsp3) is 0.115. The van der Waals surface area contributed by atoms with Crippen LogP contribution in [0.25, 0.3) is 5.69 Å². The van der Waals surface area contributed by atoms with E-state index in [1.165, 1.54) is 6.07 Å². The van der Waals surface area contributed by atoms with E-state index in [2.05, 4.69) is 15.9 Å². The van der Waals surface area contributed by atoms with Crippen molar-refractivity contribution in [2.45, 2.75) is 19.2 Å². The van der Waals surface area contributed by atoms with Crippen LogP contribution < -0.4 is 4.74 Å². The van der Waals surface area contributed by atoms with E-state index in [-0.39, 0.29) is 5.69 Å². The highest BCUT2D eigenvalue weighted by Gasteiger charge is 2.32. The molecule has 0 aliphatic carbocycles. The number of hydrogen-bond donors (Lipinski definition) is 1. The average Bonchev–Trinajstić information content (AvgIpc) is 3.26. The topological polar surface area (TPSA) is 51.5 Å². The molecule has 0 unspecified atom stereocenters. The standard InChI is InChI=1S/C26H19BrF3NO3/c27-21-8-9-24(34-16-17-5-2-1-3-6-17)18(12-21)13-22-7-4-10-31(22)23-14-19(25(32)33)11-20(15-23)26(28,29)30/h1-12,14-15H,13,16H2,(H,32,33). The van der Waals surface area contributed by atoms with Gasteiger partial charge >= 0.3 is 12.1 Å². The maximum atomic E-state index is 13.4. The lowest BCUT2D eigenvalue weighted by Gasteiger charge is -2.16. The molecule has 4 nitrogen and oxygen atoms in total. The van der Waals surface area contributed by atoms with Crippen LogP contribution in [-0.2, 0) is 19.2 Å². The fourth-order valence-corrected chi connectivity index (χ4v) is 4.02. The first-order valence-corrected chi connectivity index (χ1v) is 11.1. The second-order valence-corrected chi connectivity index (χ2v) is 8.56. The van der Waals surface area contributed by atoms with Crippen LogP contribution in [-0.4, -0.2) is 15.6 Å². The highest BCUT2D eigenvalue weighted by molar-refractivity contribution is 9.10. The number of hydrogen-bond acceptors (Lipinski definition) is 2. The number of carboxylic acid groups (broad SMARTS) is 1. The number of rotatable bonds is 7. The molecule has 0 amide bonds. The van der Waals surface area contributed by atoms with Crippen LogP contribution in [0.3, 0.4) is 0 Å². The van der Waals surface area contributed by atoms with Gasteiger partial charge < -0.3 is 14.4 Å². The zero-order valence-electron chi connectivity index (χ0n) is 17.7. The van der Waals surface area contributed by atoms with Gasteiger partial charge in [-0.25, -0.2) is 4.79 Å². The highest BCUT2D eigenvalue weighted by atomic mass is 79.9. The molecule has 0 fully saturated rings. The second kappa shape index (κ2) is 9.77. The number of carboxylic acids is 1. The third-order valence-electron chi connectivity index (χ3n) is 5.23. The van der Waals surface area contributed by atoms with Gasteiger partial charge in [0.2, 0.25) is 0 Å². The molecule has 4 aromatic rings. The van der Waals surface area contributed by atoms with Crippen LogP contribution in [0.5, 0.6) is 5.75 Å². The molecule has 0 aliphatic rings. The molecule has 0 aliphatic heterocycles. The lowest BCUT2D eigenvalue weighted by molar-refractivity contribution is -0.137. The maximum Gasteiger partial charge on any atom is 0.416 e. The molecule has 1 aromatic heterocycles. The van der Waals surface area contributed by atoms with E-state index < -0.39 is 23.3 Å². The Hall–Kier alpha value is -3.52. The maximum absolute atomic E-state index is 13.4. The number of aromatic carboxylic acids is 1. The second-order valence-electron chi connectivity index (χ2n) is 7.64. The number of nitrogens with zero attached hydrogens (tertiary/aromatic N) is 1. The Morgan fingerprint density at radius 1 is 0.971 bits per heavy atom.